The Morgan fingerprint density at radius 2 is 1.42 bits per heavy atom. The van der Waals surface area contributed by atoms with Gasteiger partial charge in [0.05, 0.1) is 27.9 Å². The minimum atomic E-state index is -0.654. The Bertz CT molecular complexity index is 777. The van der Waals surface area contributed by atoms with Crippen LogP contribution in [-0.4, -0.2) is 11.9 Å². The van der Waals surface area contributed by atoms with E-state index in [2.05, 4.69) is 0 Å². The zero-order valence-electron chi connectivity index (χ0n) is 12.0. The van der Waals surface area contributed by atoms with Crippen molar-refractivity contribution in [2.24, 2.45) is 0 Å². The predicted octanol–water partition coefficient (Wildman–Crippen LogP) is 5.59. The van der Waals surface area contributed by atoms with E-state index in [9.17, 15) is 9.59 Å². The van der Waals surface area contributed by atoms with Gasteiger partial charge in [-0.15, -0.1) is 0 Å². The van der Waals surface area contributed by atoms with E-state index >= 15 is 0 Å². The van der Waals surface area contributed by atoms with Crippen LogP contribution in [0.3, 0.4) is 0 Å². The van der Waals surface area contributed by atoms with Crippen molar-refractivity contribution in [2.45, 2.75) is 12.8 Å². The molecule has 126 valence electrons. The molecular formula is C16H10Cl4O4. The summed E-state index contributed by atoms with van der Waals surface area (Å²) in [5, 5.41) is 1.02. The fraction of sp³-hybridized carbons (Fsp3) is 0.125. The molecule has 0 aliphatic rings. The molecule has 0 unspecified atom stereocenters. The van der Waals surface area contributed by atoms with Crippen LogP contribution in [-0.2, 0) is 9.59 Å². The van der Waals surface area contributed by atoms with Gasteiger partial charge < -0.3 is 9.47 Å². The van der Waals surface area contributed by atoms with Gasteiger partial charge in [0.15, 0.2) is 5.75 Å². The SMILES string of the molecule is O=C(CCC(=O)Oc1cc(Cl)c(Cl)cc1Cl)Oc1cccc(Cl)c1. The molecule has 0 aliphatic carbocycles. The van der Waals surface area contributed by atoms with E-state index in [4.69, 9.17) is 55.9 Å². The molecule has 0 saturated carbocycles. The summed E-state index contributed by atoms with van der Waals surface area (Å²) in [5.41, 5.74) is 0. The molecule has 0 heterocycles. The molecule has 0 fully saturated rings. The highest BCUT2D eigenvalue weighted by Gasteiger charge is 2.14. The Morgan fingerprint density at radius 1 is 0.792 bits per heavy atom. The number of hydrogen-bond acceptors (Lipinski definition) is 4. The summed E-state index contributed by atoms with van der Waals surface area (Å²) in [6.45, 7) is 0. The van der Waals surface area contributed by atoms with Gasteiger partial charge in [0.2, 0.25) is 0 Å². The Morgan fingerprint density at radius 3 is 2.08 bits per heavy atom. The lowest BCUT2D eigenvalue weighted by molar-refractivity contribution is -0.140. The molecule has 0 radical (unpaired) electrons. The van der Waals surface area contributed by atoms with Crippen molar-refractivity contribution in [3.8, 4) is 11.5 Å². The summed E-state index contributed by atoms with van der Waals surface area (Å²) in [5.74, 6) is -0.875. The van der Waals surface area contributed by atoms with Gasteiger partial charge in [-0.25, -0.2) is 0 Å². The van der Waals surface area contributed by atoms with Crippen molar-refractivity contribution in [1.29, 1.82) is 0 Å². The van der Waals surface area contributed by atoms with Gasteiger partial charge in [0.1, 0.15) is 5.75 Å². The molecule has 0 saturated heterocycles. The summed E-state index contributed by atoms with van der Waals surface area (Å²) in [4.78, 5) is 23.5. The minimum absolute atomic E-state index is 0.0688. The average Bonchev–Trinajstić information content (AvgIpc) is 2.51. The first-order chi connectivity index (χ1) is 11.3. The number of benzene rings is 2. The molecule has 2 aromatic carbocycles. The second kappa shape index (κ2) is 8.58. The van der Waals surface area contributed by atoms with E-state index in [0.717, 1.165) is 0 Å². The maximum atomic E-state index is 11.8. The van der Waals surface area contributed by atoms with Crippen molar-refractivity contribution in [3.63, 3.8) is 0 Å². The second-order valence-electron chi connectivity index (χ2n) is 4.60. The first kappa shape index (κ1) is 18.9. The highest BCUT2D eigenvalue weighted by atomic mass is 35.5. The third kappa shape index (κ3) is 5.56. The largest absolute Gasteiger partial charge is 0.426 e. The molecule has 2 aromatic rings. The molecule has 0 spiro atoms. The predicted molar refractivity (Wildman–Crippen MR) is 93.4 cm³/mol. The smallest absolute Gasteiger partial charge is 0.311 e. The molecule has 4 nitrogen and oxygen atoms in total. The molecule has 0 N–H and O–H groups in total. The zero-order valence-corrected chi connectivity index (χ0v) is 15.0. The number of carbonyl (C=O) groups excluding carboxylic acids is 2. The van der Waals surface area contributed by atoms with Crippen LogP contribution in [0.2, 0.25) is 20.1 Å². The molecule has 0 aromatic heterocycles. The Balaban J connectivity index is 1.87. The third-order valence-corrected chi connectivity index (χ3v) is 4.01. The number of ether oxygens (including phenoxy) is 2. The summed E-state index contributed by atoms with van der Waals surface area (Å²) in [6.07, 6.45) is -0.347. The first-order valence-electron chi connectivity index (χ1n) is 6.66. The van der Waals surface area contributed by atoms with E-state index in [-0.39, 0.29) is 33.7 Å². The molecule has 0 aliphatic heterocycles. The highest BCUT2D eigenvalue weighted by molar-refractivity contribution is 6.43. The molecule has 2 rings (SSSR count). The van der Waals surface area contributed by atoms with Gasteiger partial charge in [-0.3, -0.25) is 9.59 Å². The summed E-state index contributed by atoms with van der Waals surface area (Å²) >= 11 is 23.3. The van der Waals surface area contributed by atoms with Crippen molar-refractivity contribution in [1.82, 2.24) is 0 Å². The minimum Gasteiger partial charge on any atom is -0.426 e. The van der Waals surface area contributed by atoms with Crippen molar-refractivity contribution < 1.29 is 19.1 Å². The number of halogens is 4. The normalized spacial score (nSPS) is 10.3. The zero-order chi connectivity index (χ0) is 17.7. The molecule has 24 heavy (non-hydrogen) atoms. The van der Waals surface area contributed by atoms with E-state index in [1.165, 1.54) is 18.2 Å². The fourth-order valence-corrected chi connectivity index (χ4v) is 2.43. The monoisotopic (exact) mass is 406 g/mol. The lowest BCUT2D eigenvalue weighted by Gasteiger charge is -2.08. The lowest BCUT2D eigenvalue weighted by atomic mass is 10.3. The van der Waals surface area contributed by atoms with Gasteiger partial charge in [-0.2, -0.15) is 0 Å². The van der Waals surface area contributed by atoms with Gasteiger partial charge in [-0.1, -0.05) is 52.5 Å². The van der Waals surface area contributed by atoms with Crippen molar-refractivity contribution in [2.75, 3.05) is 0 Å². The highest BCUT2D eigenvalue weighted by Crippen LogP contribution is 2.34. The van der Waals surface area contributed by atoms with Crippen LogP contribution >= 0.6 is 46.4 Å². The van der Waals surface area contributed by atoms with Gasteiger partial charge in [-0.05, 0) is 24.3 Å². The Kier molecular flexibility index (Phi) is 6.75. The van der Waals surface area contributed by atoms with Crippen LogP contribution in [0, 0.1) is 0 Å². The fourth-order valence-electron chi connectivity index (χ4n) is 1.67. The number of esters is 2. The number of carbonyl (C=O) groups is 2. The van der Waals surface area contributed by atoms with E-state index in [0.29, 0.717) is 10.8 Å². The molecule has 0 atom stereocenters. The van der Waals surface area contributed by atoms with Crippen LogP contribution in [0.5, 0.6) is 11.5 Å². The molecule has 0 bridgehead atoms. The van der Waals surface area contributed by atoms with Crippen LogP contribution < -0.4 is 9.47 Å². The Labute approximate surface area is 158 Å². The van der Waals surface area contributed by atoms with E-state index in [1.807, 2.05) is 0 Å². The van der Waals surface area contributed by atoms with Crippen molar-refractivity contribution >= 4 is 58.3 Å². The summed E-state index contributed by atoms with van der Waals surface area (Å²) < 4.78 is 10.1. The van der Waals surface area contributed by atoms with Gasteiger partial charge in [0, 0.05) is 11.1 Å². The summed E-state index contributed by atoms with van der Waals surface area (Å²) in [6, 6.07) is 9.06. The number of rotatable bonds is 5. The van der Waals surface area contributed by atoms with Crippen LogP contribution in [0.15, 0.2) is 36.4 Å². The quantitative estimate of drug-likeness (QED) is 0.368. The average molecular weight is 408 g/mol. The maximum Gasteiger partial charge on any atom is 0.311 e. The van der Waals surface area contributed by atoms with E-state index < -0.39 is 11.9 Å². The second-order valence-corrected chi connectivity index (χ2v) is 6.26. The van der Waals surface area contributed by atoms with Crippen molar-refractivity contribution in [3.05, 3.63) is 56.5 Å². The molecule has 0 amide bonds. The molecule has 8 heteroatoms. The third-order valence-electron chi connectivity index (χ3n) is 2.76. The standard InChI is InChI=1S/C16H10Cl4O4/c17-9-2-1-3-10(6-9)23-15(21)4-5-16(22)24-14-8-12(19)11(18)7-13(14)20/h1-3,6-8H,4-5H2. The van der Waals surface area contributed by atoms with Crippen LogP contribution in [0.25, 0.3) is 0 Å². The number of hydrogen-bond donors (Lipinski definition) is 0. The molecular weight excluding hydrogens is 398 g/mol. The maximum absolute atomic E-state index is 11.8. The topological polar surface area (TPSA) is 52.6 Å². The van der Waals surface area contributed by atoms with Gasteiger partial charge >= 0.3 is 11.9 Å². The van der Waals surface area contributed by atoms with Crippen LogP contribution in [0.4, 0.5) is 0 Å². The van der Waals surface area contributed by atoms with Crippen LogP contribution in [0.1, 0.15) is 12.8 Å². The van der Waals surface area contributed by atoms with E-state index in [1.54, 1.807) is 18.2 Å². The lowest BCUT2D eigenvalue weighted by Crippen LogP contribution is -2.14. The van der Waals surface area contributed by atoms with Gasteiger partial charge in [0.25, 0.3) is 0 Å². The summed E-state index contributed by atoms with van der Waals surface area (Å²) in [7, 11) is 0. The Hall–Kier alpha value is -1.46. The first-order valence-corrected chi connectivity index (χ1v) is 8.18.